The van der Waals surface area contributed by atoms with E-state index in [1.807, 2.05) is 6.07 Å². The molecule has 6 heteroatoms. The third kappa shape index (κ3) is 3.27. The topological polar surface area (TPSA) is 63.4 Å². The van der Waals surface area contributed by atoms with Gasteiger partial charge in [-0.1, -0.05) is 17.8 Å². The lowest BCUT2D eigenvalue weighted by Crippen LogP contribution is -1.92. The van der Waals surface area contributed by atoms with Crippen LogP contribution in [0.5, 0.6) is 5.75 Å². The van der Waals surface area contributed by atoms with E-state index >= 15 is 0 Å². The minimum atomic E-state index is -0.400. The summed E-state index contributed by atoms with van der Waals surface area (Å²) in [6.45, 7) is 1.71. The van der Waals surface area contributed by atoms with Gasteiger partial charge >= 0.3 is 0 Å². The second kappa shape index (κ2) is 5.63. The highest BCUT2D eigenvalue weighted by atomic mass is 79.9. The second-order valence-electron chi connectivity index (χ2n) is 3.93. The number of aryl methyl sites for hydroxylation is 1. The molecule has 0 aliphatic heterocycles. The average Bonchev–Trinajstić information content (AvgIpc) is 2.33. The third-order valence-electron chi connectivity index (χ3n) is 2.49. The van der Waals surface area contributed by atoms with Gasteiger partial charge in [0.25, 0.3) is 5.69 Å². The van der Waals surface area contributed by atoms with Crippen molar-refractivity contribution in [2.24, 2.45) is 0 Å². The number of hydrogen-bond acceptors (Lipinski definition) is 4. The molecule has 0 fully saturated rings. The van der Waals surface area contributed by atoms with E-state index in [1.54, 1.807) is 31.2 Å². The SMILES string of the molecule is Cc1cc(Sc2cccc(O)c2)c(Br)cc1[N+](=O)[O-]. The van der Waals surface area contributed by atoms with Crippen molar-refractivity contribution in [3.63, 3.8) is 0 Å². The van der Waals surface area contributed by atoms with Gasteiger partial charge in [-0.25, -0.2) is 0 Å². The fraction of sp³-hybridized carbons (Fsp3) is 0.0769. The Bertz CT molecular complexity index is 646. The molecule has 0 aliphatic rings. The molecule has 19 heavy (non-hydrogen) atoms. The van der Waals surface area contributed by atoms with Crippen LogP contribution in [0.15, 0.2) is 50.7 Å². The van der Waals surface area contributed by atoms with Crippen molar-refractivity contribution in [3.8, 4) is 5.75 Å². The summed E-state index contributed by atoms with van der Waals surface area (Å²) in [4.78, 5) is 12.2. The second-order valence-corrected chi connectivity index (χ2v) is 5.90. The molecule has 0 aliphatic carbocycles. The van der Waals surface area contributed by atoms with E-state index in [4.69, 9.17) is 0 Å². The Hall–Kier alpha value is -1.53. The van der Waals surface area contributed by atoms with Crippen LogP contribution < -0.4 is 0 Å². The van der Waals surface area contributed by atoms with Gasteiger partial charge in [-0.2, -0.15) is 0 Å². The van der Waals surface area contributed by atoms with Crippen molar-refractivity contribution < 1.29 is 10.0 Å². The molecule has 0 aromatic heterocycles. The predicted octanol–water partition coefficient (Wildman–Crippen LogP) is 4.52. The molecule has 98 valence electrons. The van der Waals surface area contributed by atoms with Crippen molar-refractivity contribution >= 4 is 33.4 Å². The van der Waals surface area contributed by atoms with Crippen molar-refractivity contribution in [1.82, 2.24) is 0 Å². The first kappa shape index (κ1) is 13.9. The fourth-order valence-corrected chi connectivity index (χ4v) is 3.14. The third-order valence-corrected chi connectivity index (χ3v) is 4.46. The Kier molecular flexibility index (Phi) is 4.11. The van der Waals surface area contributed by atoms with Gasteiger partial charge < -0.3 is 5.11 Å². The maximum Gasteiger partial charge on any atom is 0.273 e. The number of benzene rings is 2. The normalized spacial score (nSPS) is 10.4. The van der Waals surface area contributed by atoms with Crippen molar-refractivity contribution in [3.05, 3.63) is 56.5 Å². The Morgan fingerprint density at radius 3 is 2.68 bits per heavy atom. The monoisotopic (exact) mass is 339 g/mol. The molecular weight excluding hydrogens is 330 g/mol. The standard InChI is InChI=1S/C13H10BrNO3S/c1-8-5-13(11(14)7-12(8)15(17)18)19-10-4-2-3-9(16)6-10/h2-7,16H,1H3. The van der Waals surface area contributed by atoms with Crippen LogP contribution in [0, 0.1) is 17.0 Å². The Balaban J connectivity index is 2.36. The van der Waals surface area contributed by atoms with E-state index in [1.165, 1.54) is 17.8 Å². The lowest BCUT2D eigenvalue weighted by molar-refractivity contribution is -0.385. The maximum atomic E-state index is 10.8. The van der Waals surface area contributed by atoms with Crippen LogP contribution in [0.3, 0.4) is 0 Å². The molecular formula is C13H10BrNO3S. The number of rotatable bonds is 3. The van der Waals surface area contributed by atoms with Crippen LogP contribution >= 0.6 is 27.7 Å². The molecule has 1 N–H and O–H groups in total. The molecule has 0 unspecified atom stereocenters. The van der Waals surface area contributed by atoms with Crippen molar-refractivity contribution in [2.75, 3.05) is 0 Å². The lowest BCUT2D eigenvalue weighted by Gasteiger charge is -2.07. The van der Waals surface area contributed by atoms with Gasteiger partial charge in [0.05, 0.1) is 4.92 Å². The number of nitro benzene ring substituents is 1. The van der Waals surface area contributed by atoms with Gasteiger partial charge in [0.2, 0.25) is 0 Å². The van der Waals surface area contributed by atoms with E-state index in [0.29, 0.717) is 10.0 Å². The molecule has 2 aromatic rings. The first-order chi connectivity index (χ1) is 8.97. The molecule has 2 aromatic carbocycles. The van der Waals surface area contributed by atoms with E-state index in [-0.39, 0.29) is 11.4 Å². The quantitative estimate of drug-likeness (QED) is 0.659. The first-order valence-electron chi connectivity index (χ1n) is 5.39. The molecule has 0 amide bonds. The Morgan fingerprint density at radius 1 is 1.32 bits per heavy atom. The average molecular weight is 340 g/mol. The van der Waals surface area contributed by atoms with Crippen LogP contribution in [0.1, 0.15) is 5.56 Å². The zero-order chi connectivity index (χ0) is 14.0. The summed E-state index contributed by atoms with van der Waals surface area (Å²) >= 11 is 4.77. The zero-order valence-electron chi connectivity index (χ0n) is 9.96. The summed E-state index contributed by atoms with van der Waals surface area (Å²) in [6.07, 6.45) is 0. The number of nitrogens with zero attached hydrogens (tertiary/aromatic N) is 1. The summed E-state index contributed by atoms with van der Waals surface area (Å²) in [5, 5.41) is 20.3. The predicted molar refractivity (Wildman–Crippen MR) is 77.8 cm³/mol. The summed E-state index contributed by atoms with van der Waals surface area (Å²) in [7, 11) is 0. The first-order valence-corrected chi connectivity index (χ1v) is 7.00. The number of halogens is 1. The minimum absolute atomic E-state index is 0.0899. The van der Waals surface area contributed by atoms with Gasteiger partial charge in [-0.15, -0.1) is 0 Å². The molecule has 0 saturated carbocycles. The minimum Gasteiger partial charge on any atom is -0.508 e. The van der Waals surface area contributed by atoms with E-state index in [2.05, 4.69) is 15.9 Å². The van der Waals surface area contributed by atoms with E-state index in [9.17, 15) is 15.2 Å². The van der Waals surface area contributed by atoms with Crippen molar-refractivity contribution in [1.29, 1.82) is 0 Å². The smallest absolute Gasteiger partial charge is 0.273 e. The molecule has 0 bridgehead atoms. The maximum absolute atomic E-state index is 10.8. The van der Waals surface area contributed by atoms with E-state index in [0.717, 1.165) is 9.79 Å². The molecule has 4 nitrogen and oxygen atoms in total. The van der Waals surface area contributed by atoms with Crippen LogP contribution in [0.25, 0.3) is 0 Å². The Morgan fingerprint density at radius 2 is 2.05 bits per heavy atom. The van der Waals surface area contributed by atoms with Crippen LogP contribution in [0.4, 0.5) is 5.69 Å². The van der Waals surface area contributed by atoms with Crippen LogP contribution in [-0.2, 0) is 0 Å². The van der Waals surface area contributed by atoms with Gasteiger partial charge in [-0.3, -0.25) is 10.1 Å². The van der Waals surface area contributed by atoms with Gasteiger partial charge in [0, 0.05) is 25.9 Å². The number of aromatic hydroxyl groups is 1. The van der Waals surface area contributed by atoms with Gasteiger partial charge in [0.1, 0.15) is 5.75 Å². The highest BCUT2D eigenvalue weighted by Crippen LogP contribution is 2.38. The summed E-state index contributed by atoms with van der Waals surface area (Å²) in [5.41, 5.74) is 0.697. The highest BCUT2D eigenvalue weighted by Gasteiger charge is 2.14. The number of phenolic OH excluding ortho intramolecular Hbond substituents is 1. The summed E-state index contributed by atoms with van der Waals surface area (Å²) in [6, 6.07) is 10.1. The summed E-state index contributed by atoms with van der Waals surface area (Å²) in [5.74, 6) is 0.194. The molecule has 0 heterocycles. The molecule has 0 spiro atoms. The fourth-order valence-electron chi connectivity index (χ4n) is 1.59. The number of nitro groups is 1. The lowest BCUT2D eigenvalue weighted by atomic mass is 10.2. The highest BCUT2D eigenvalue weighted by molar-refractivity contribution is 9.10. The number of hydrogen-bond donors (Lipinski definition) is 1. The largest absolute Gasteiger partial charge is 0.508 e. The summed E-state index contributed by atoms with van der Waals surface area (Å²) < 4.78 is 0.665. The molecule has 0 saturated heterocycles. The number of phenols is 1. The molecule has 2 rings (SSSR count). The van der Waals surface area contributed by atoms with E-state index < -0.39 is 4.92 Å². The zero-order valence-corrected chi connectivity index (χ0v) is 12.4. The van der Waals surface area contributed by atoms with Crippen molar-refractivity contribution in [2.45, 2.75) is 16.7 Å². The Labute approximate surface area is 122 Å². The molecule has 0 radical (unpaired) electrons. The van der Waals surface area contributed by atoms with Crippen LogP contribution in [-0.4, -0.2) is 10.0 Å². The van der Waals surface area contributed by atoms with Gasteiger partial charge in [-0.05, 0) is 47.1 Å². The van der Waals surface area contributed by atoms with Crippen LogP contribution in [0.2, 0.25) is 0 Å². The molecule has 0 atom stereocenters. The van der Waals surface area contributed by atoms with Gasteiger partial charge in [0.15, 0.2) is 0 Å².